The average molecular weight is 400 g/mol. The highest BCUT2D eigenvalue weighted by molar-refractivity contribution is 5.94. The predicted molar refractivity (Wildman–Crippen MR) is 116 cm³/mol. The molecule has 0 fully saturated rings. The molecule has 0 bridgehead atoms. The van der Waals surface area contributed by atoms with E-state index in [0.717, 1.165) is 42.7 Å². The minimum atomic E-state index is -0.121. The summed E-state index contributed by atoms with van der Waals surface area (Å²) in [5, 5.41) is 2.94. The molecule has 5 nitrogen and oxygen atoms in total. The minimum Gasteiger partial charge on any atom is -0.494 e. The second-order valence-electron chi connectivity index (χ2n) is 6.95. The quantitative estimate of drug-likeness (QED) is 0.460. The molecule has 0 aliphatic rings. The summed E-state index contributed by atoms with van der Waals surface area (Å²) in [6.45, 7) is 6.08. The molecule has 0 aromatic heterocycles. The topological polar surface area (TPSA) is 56.8 Å². The van der Waals surface area contributed by atoms with E-state index < -0.39 is 0 Å². The van der Waals surface area contributed by atoms with Crippen molar-refractivity contribution in [3.8, 4) is 17.2 Å². The third-order valence-electron chi connectivity index (χ3n) is 4.57. The third kappa shape index (κ3) is 7.68. The maximum absolute atomic E-state index is 12.4. The fourth-order valence-electron chi connectivity index (χ4n) is 2.80. The molecule has 2 aromatic carbocycles. The molecule has 29 heavy (non-hydrogen) atoms. The SMILES string of the molecule is CCCCCOc1ccc(C(=O)NCc2ccc(OCCCC)c(OC)c2)cc1. The smallest absolute Gasteiger partial charge is 0.251 e. The van der Waals surface area contributed by atoms with Crippen LogP contribution in [-0.4, -0.2) is 26.2 Å². The zero-order chi connectivity index (χ0) is 20.9. The summed E-state index contributed by atoms with van der Waals surface area (Å²) < 4.78 is 16.9. The van der Waals surface area contributed by atoms with Crippen LogP contribution in [0.15, 0.2) is 42.5 Å². The van der Waals surface area contributed by atoms with Gasteiger partial charge in [0.25, 0.3) is 5.91 Å². The molecule has 1 N–H and O–H groups in total. The minimum absolute atomic E-state index is 0.121. The highest BCUT2D eigenvalue weighted by Gasteiger charge is 2.09. The van der Waals surface area contributed by atoms with Gasteiger partial charge in [-0.15, -0.1) is 0 Å². The van der Waals surface area contributed by atoms with Gasteiger partial charge in [0.15, 0.2) is 11.5 Å². The van der Waals surface area contributed by atoms with Gasteiger partial charge in [0.2, 0.25) is 0 Å². The van der Waals surface area contributed by atoms with Crippen LogP contribution in [0.4, 0.5) is 0 Å². The van der Waals surface area contributed by atoms with E-state index in [1.165, 1.54) is 6.42 Å². The number of benzene rings is 2. The van der Waals surface area contributed by atoms with Gasteiger partial charge in [0, 0.05) is 12.1 Å². The fourth-order valence-corrected chi connectivity index (χ4v) is 2.80. The van der Waals surface area contributed by atoms with Gasteiger partial charge in [-0.05, 0) is 54.8 Å². The van der Waals surface area contributed by atoms with Crippen LogP contribution in [0.2, 0.25) is 0 Å². The Labute approximate surface area is 174 Å². The van der Waals surface area contributed by atoms with E-state index in [0.29, 0.717) is 31.1 Å². The zero-order valence-electron chi connectivity index (χ0n) is 17.8. The second-order valence-corrected chi connectivity index (χ2v) is 6.95. The van der Waals surface area contributed by atoms with Gasteiger partial charge in [-0.1, -0.05) is 39.2 Å². The van der Waals surface area contributed by atoms with E-state index in [4.69, 9.17) is 14.2 Å². The van der Waals surface area contributed by atoms with Crippen molar-refractivity contribution in [2.45, 2.75) is 52.5 Å². The van der Waals surface area contributed by atoms with Gasteiger partial charge >= 0.3 is 0 Å². The standard InChI is InChI=1S/C24H33NO4/c1-4-6-8-16-28-21-12-10-20(11-13-21)24(26)25-18-19-9-14-22(23(17-19)27-3)29-15-7-5-2/h9-14,17H,4-8,15-16,18H2,1-3H3,(H,25,26). The normalized spacial score (nSPS) is 10.4. The molecule has 5 heteroatoms. The number of rotatable bonds is 13. The molecule has 2 aromatic rings. The van der Waals surface area contributed by atoms with Crippen molar-refractivity contribution in [3.05, 3.63) is 53.6 Å². The molecule has 158 valence electrons. The van der Waals surface area contributed by atoms with Gasteiger partial charge in [-0.2, -0.15) is 0 Å². The molecular formula is C24H33NO4. The Morgan fingerprint density at radius 1 is 0.862 bits per heavy atom. The van der Waals surface area contributed by atoms with E-state index in [-0.39, 0.29) is 5.91 Å². The van der Waals surface area contributed by atoms with Gasteiger partial charge < -0.3 is 19.5 Å². The molecule has 0 saturated heterocycles. The number of methoxy groups -OCH3 is 1. The van der Waals surface area contributed by atoms with Crippen molar-refractivity contribution in [2.24, 2.45) is 0 Å². The summed E-state index contributed by atoms with van der Waals surface area (Å²) in [5.41, 5.74) is 1.56. The van der Waals surface area contributed by atoms with Crippen LogP contribution in [0.1, 0.15) is 61.9 Å². The van der Waals surface area contributed by atoms with Crippen LogP contribution in [0, 0.1) is 0 Å². The van der Waals surface area contributed by atoms with Crippen LogP contribution in [0.5, 0.6) is 17.2 Å². The Bertz CT molecular complexity index is 743. The monoisotopic (exact) mass is 399 g/mol. The maximum Gasteiger partial charge on any atom is 0.251 e. The first-order valence-electron chi connectivity index (χ1n) is 10.5. The lowest BCUT2D eigenvalue weighted by molar-refractivity contribution is 0.0951. The molecular weight excluding hydrogens is 366 g/mol. The third-order valence-corrected chi connectivity index (χ3v) is 4.57. The van der Waals surface area contributed by atoms with Crippen molar-refractivity contribution in [3.63, 3.8) is 0 Å². The molecule has 0 heterocycles. The van der Waals surface area contributed by atoms with Gasteiger partial charge in [0.05, 0.1) is 20.3 Å². The summed E-state index contributed by atoms with van der Waals surface area (Å²) in [6.07, 6.45) is 5.46. The van der Waals surface area contributed by atoms with E-state index in [1.807, 2.05) is 30.3 Å². The predicted octanol–water partition coefficient (Wildman–Crippen LogP) is 5.37. The summed E-state index contributed by atoms with van der Waals surface area (Å²) in [6, 6.07) is 13.0. The number of hydrogen-bond donors (Lipinski definition) is 1. The molecule has 0 aliphatic heterocycles. The molecule has 2 rings (SSSR count). The highest BCUT2D eigenvalue weighted by Crippen LogP contribution is 2.28. The molecule has 0 unspecified atom stereocenters. The van der Waals surface area contributed by atoms with Crippen molar-refractivity contribution in [1.29, 1.82) is 0 Å². The Morgan fingerprint density at radius 3 is 2.28 bits per heavy atom. The van der Waals surface area contributed by atoms with Crippen LogP contribution in [0.3, 0.4) is 0 Å². The first-order chi connectivity index (χ1) is 14.2. The van der Waals surface area contributed by atoms with Crippen molar-refractivity contribution in [1.82, 2.24) is 5.32 Å². The number of nitrogens with one attached hydrogen (secondary N) is 1. The number of hydrogen-bond acceptors (Lipinski definition) is 4. The van der Waals surface area contributed by atoms with Gasteiger partial charge in [0.1, 0.15) is 5.75 Å². The average Bonchev–Trinajstić information content (AvgIpc) is 2.76. The fraction of sp³-hybridized carbons (Fsp3) is 0.458. The maximum atomic E-state index is 12.4. The number of amides is 1. The summed E-state index contributed by atoms with van der Waals surface area (Å²) in [7, 11) is 1.62. The van der Waals surface area contributed by atoms with E-state index in [2.05, 4.69) is 19.2 Å². The lowest BCUT2D eigenvalue weighted by Gasteiger charge is -2.12. The summed E-state index contributed by atoms with van der Waals surface area (Å²) in [5.74, 6) is 2.08. The van der Waals surface area contributed by atoms with E-state index >= 15 is 0 Å². The van der Waals surface area contributed by atoms with Gasteiger partial charge in [-0.25, -0.2) is 0 Å². The molecule has 0 aliphatic carbocycles. The Kier molecular flexibility index (Phi) is 9.90. The lowest BCUT2D eigenvalue weighted by atomic mass is 10.1. The van der Waals surface area contributed by atoms with Gasteiger partial charge in [-0.3, -0.25) is 4.79 Å². The molecule has 0 radical (unpaired) electrons. The largest absolute Gasteiger partial charge is 0.494 e. The number of carbonyl (C=O) groups excluding carboxylic acids is 1. The van der Waals surface area contributed by atoms with Crippen LogP contribution < -0.4 is 19.5 Å². The lowest BCUT2D eigenvalue weighted by Crippen LogP contribution is -2.22. The number of ether oxygens (including phenoxy) is 3. The van der Waals surface area contributed by atoms with E-state index in [1.54, 1.807) is 19.2 Å². The zero-order valence-corrected chi connectivity index (χ0v) is 17.8. The summed E-state index contributed by atoms with van der Waals surface area (Å²) in [4.78, 5) is 12.4. The molecule has 0 saturated carbocycles. The first-order valence-corrected chi connectivity index (χ1v) is 10.5. The number of unbranched alkanes of at least 4 members (excludes halogenated alkanes) is 3. The van der Waals surface area contributed by atoms with Crippen molar-refractivity contribution in [2.75, 3.05) is 20.3 Å². The molecule has 0 spiro atoms. The van der Waals surface area contributed by atoms with Crippen LogP contribution in [0.25, 0.3) is 0 Å². The van der Waals surface area contributed by atoms with E-state index in [9.17, 15) is 4.79 Å². The highest BCUT2D eigenvalue weighted by atomic mass is 16.5. The Balaban J connectivity index is 1.86. The molecule has 1 amide bonds. The van der Waals surface area contributed by atoms with Crippen LogP contribution in [-0.2, 0) is 6.54 Å². The summed E-state index contributed by atoms with van der Waals surface area (Å²) >= 11 is 0. The second kappa shape index (κ2) is 12.7. The Hall–Kier alpha value is -2.69. The van der Waals surface area contributed by atoms with Crippen LogP contribution >= 0.6 is 0 Å². The molecule has 0 atom stereocenters. The van der Waals surface area contributed by atoms with Crippen molar-refractivity contribution < 1.29 is 19.0 Å². The first kappa shape index (κ1) is 22.6. The van der Waals surface area contributed by atoms with Crippen molar-refractivity contribution >= 4 is 5.91 Å². The Morgan fingerprint density at radius 2 is 1.59 bits per heavy atom. The number of carbonyl (C=O) groups is 1.